The van der Waals surface area contributed by atoms with Crippen LogP contribution < -0.4 is 5.56 Å². The van der Waals surface area contributed by atoms with E-state index in [-0.39, 0.29) is 5.56 Å². The van der Waals surface area contributed by atoms with Crippen LogP contribution in [0.2, 0.25) is 0 Å². The van der Waals surface area contributed by atoms with Gasteiger partial charge in [0.25, 0.3) is 5.56 Å². The third-order valence-electron chi connectivity index (χ3n) is 2.63. The molecule has 0 N–H and O–H groups in total. The van der Waals surface area contributed by atoms with Crippen LogP contribution in [-0.2, 0) is 12.3 Å². The lowest BCUT2D eigenvalue weighted by molar-refractivity contribution is 0.666. The Balaban J connectivity index is 1.60. The van der Waals surface area contributed by atoms with Gasteiger partial charge in [-0.25, -0.2) is 4.98 Å². The summed E-state index contributed by atoms with van der Waals surface area (Å²) >= 11 is 3.24. The van der Waals surface area contributed by atoms with E-state index in [1.54, 1.807) is 34.6 Å². The van der Waals surface area contributed by atoms with Crippen molar-refractivity contribution in [1.29, 1.82) is 0 Å². The molecule has 0 unspecified atom stereocenters. The standard InChI is InChI=1S/C12H12N4OS2/c17-11-8-10(14-12-16(11)5-7-19-12)9-18-6-4-15-3-1-2-13-15/h1-3,5,7-8H,4,6,9H2. The Labute approximate surface area is 117 Å². The summed E-state index contributed by atoms with van der Waals surface area (Å²) in [5, 5.41) is 6.02. The molecule has 0 atom stereocenters. The van der Waals surface area contributed by atoms with Gasteiger partial charge in [-0.3, -0.25) is 13.9 Å². The number of aryl methyl sites for hydroxylation is 1. The van der Waals surface area contributed by atoms with Crippen LogP contribution >= 0.6 is 23.1 Å². The van der Waals surface area contributed by atoms with E-state index in [0.29, 0.717) is 0 Å². The van der Waals surface area contributed by atoms with Crippen molar-refractivity contribution < 1.29 is 0 Å². The lowest BCUT2D eigenvalue weighted by Gasteiger charge is -2.02. The van der Waals surface area contributed by atoms with Crippen molar-refractivity contribution in [2.45, 2.75) is 12.3 Å². The normalized spacial score (nSPS) is 11.2. The Morgan fingerprint density at radius 3 is 3.16 bits per heavy atom. The summed E-state index contributed by atoms with van der Waals surface area (Å²) in [5.41, 5.74) is 0.840. The van der Waals surface area contributed by atoms with Crippen molar-refractivity contribution in [3.63, 3.8) is 0 Å². The summed E-state index contributed by atoms with van der Waals surface area (Å²) in [6, 6.07) is 3.53. The van der Waals surface area contributed by atoms with Crippen molar-refractivity contribution in [3.8, 4) is 0 Å². The molecule has 5 nitrogen and oxygen atoms in total. The fourth-order valence-corrected chi connectivity index (χ4v) is 3.29. The highest BCUT2D eigenvalue weighted by Crippen LogP contribution is 2.12. The van der Waals surface area contributed by atoms with Gasteiger partial charge in [-0.05, 0) is 6.07 Å². The number of hydrogen-bond acceptors (Lipinski definition) is 5. The molecule has 0 bridgehead atoms. The molecule has 3 rings (SSSR count). The summed E-state index contributed by atoms with van der Waals surface area (Å²) in [6.45, 7) is 0.873. The second-order valence-corrected chi connectivity index (χ2v) is 5.94. The first-order chi connectivity index (χ1) is 9.33. The number of nitrogens with zero attached hydrogens (tertiary/aromatic N) is 4. The number of thioether (sulfide) groups is 1. The third kappa shape index (κ3) is 2.87. The Morgan fingerprint density at radius 1 is 1.37 bits per heavy atom. The van der Waals surface area contributed by atoms with Crippen molar-refractivity contribution in [2.75, 3.05) is 5.75 Å². The molecule has 0 saturated heterocycles. The molecule has 0 radical (unpaired) electrons. The predicted molar refractivity (Wildman–Crippen MR) is 77.7 cm³/mol. The van der Waals surface area contributed by atoms with E-state index in [1.165, 1.54) is 11.3 Å². The number of aromatic nitrogens is 4. The lowest BCUT2D eigenvalue weighted by Crippen LogP contribution is -2.12. The van der Waals surface area contributed by atoms with Gasteiger partial charge in [-0.15, -0.1) is 11.3 Å². The molecule has 0 spiro atoms. The molecule has 7 heteroatoms. The summed E-state index contributed by atoms with van der Waals surface area (Å²) < 4.78 is 3.47. The van der Waals surface area contributed by atoms with E-state index in [4.69, 9.17) is 0 Å². The molecule has 0 fully saturated rings. The van der Waals surface area contributed by atoms with Gasteiger partial charge in [0.05, 0.1) is 5.69 Å². The molecule has 19 heavy (non-hydrogen) atoms. The molecule has 3 heterocycles. The van der Waals surface area contributed by atoms with Crippen LogP contribution in [0.25, 0.3) is 4.96 Å². The van der Waals surface area contributed by atoms with E-state index < -0.39 is 0 Å². The molecule has 0 saturated carbocycles. The molecule has 0 aliphatic carbocycles. The molecule has 3 aromatic rings. The van der Waals surface area contributed by atoms with E-state index in [2.05, 4.69) is 10.1 Å². The highest BCUT2D eigenvalue weighted by Gasteiger charge is 2.03. The topological polar surface area (TPSA) is 52.2 Å². The monoisotopic (exact) mass is 292 g/mol. The number of hydrogen-bond donors (Lipinski definition) is 0. The highest BCUT2D eigenvalue weighted by molar-refractivity contribution is 7.98. The largest absolute Gasteiger partial charge is 0.272 e. The summed E-state index contributed by atoms with van der Waals surface area (Å²) in [6.07, 6.45) is 5.48. The Morgan fingerprint density at radius 2 is 2.32 bits per heavy atom. The van der Waals surface area contributed by atoms with Gasteiger partial charge in [0.2, 0.25) is 0 Å². The molecule has 0 aliphatic rings. The maximum atomic E-state index is 11.8. The second-order valence-electron chi connectivity index (χ2n) is 3.96. The summed E-state index contributed by atoms with van der Waals surface area (Å²) in [7, 11) is 0. The average Bonchev–Trinajstić information content (AvgIpc) is 3.05. The van der Waals surface area contributed by atoms with E-state index in [1.807, 2.05) is 22.3 Å². The maximum absolute atomic E-state index is 11.8. The molecule has 3 aromatic heterocycles. The lowest BCUT2D eigenvalue weighted by atomic mass is 10.4. The molecular formula is C12H12N4OS2. The minimum absolute atomic E-state index is 0.00562. The Bertz CT molecular complexity index is 717. The van der Waals surface area contributed by atoms with E-state index >= 15 is 0 Å². The van der Waals surface area contributed by atoms with Crippen LogP contribution in [0.5, 0.6) is 0 Å². The number of rotatable bonds is 5. The quantitative estimate of drug-likeness (QED) is 0.674. The Hall–Kier alpha value is -1.60. The zero-order chi connectivity index (χ0) is 13.1. The zero-order valence-electron chi connectivity index (χ0n) is 10.1. The predicted octanol–water partition coefficient (Wildman–Crippen LogP) is 1.89. The highest BCUT2D eigenvalue weighted by atomic mass is 32.2. The van der Waals surface area contributed by atoms with Crippen molar-refractivity contribution >= 4 is 28.1 Å². The van der Waals surface area contributed by atoms with Crippen LogP contribution in [0.4, 0.5) is 0 Å². The molecule has 0 aromatic carbocycles. The van der Waals surface area contributed by atoms with Gasteiger partial charge in [0.15, 0.2) is 4.96 Å². The van der Waals surface area contributed by atoms with Gasteiger partial charge in [-0.2, -0.15) is 16.9 Å². The fraction of sp³-hybridized carbons (Fsp3) is 0.250. The minimum atomic E-state index is -0.00562. The average molecular weight is 292 g/mol. The van der Waals surface area contributed by atoms with Gasteiger partial charge in [0, 0.05) is 48.1 Å². The molecule has 0 aliphatic heterocycles. The van der Waals surface area contributed by atoms with Crippen LogP contribution in [0.15, 0.2) is 40.9 Å². The zero-order valence-corrected chi connectivity index (χ0v) is 11.7. The van der Waals surface area contributed by atoms with Crippen LogP contribution in [0, 0.1) is 0 Å². The van der Waals surface area contributed by atoms with Gasteiger partial charge >= 0.3 is 0 Å². The minimum Gasteiger partial charge on any atom is -0.272 e. The third-order valence-corrected chi connectivity index (χ3v) is 4.36. The fourth-order valence-electron chi connectivity index (χ4n) is 1.73. The second kappa shape index (κ2) is 5.58. The molecule has 98 valence electrons. The van der Waals surface area contributed by atoms with Crippen molar-refractivity contribution in [3.05, 3.63) is 52.2 Å². The summed E-state index contributed by atoms with van der Waals surface area (Å²) in [5.74, 6) is 1.71. The van der Waals surface area contributed by atoms with Gasteiger partial charge in [-0.1, -0.05) is 0 Å². The van der Waals surface area contributed by atoms with Crippen LogP contribution in [-0.4, -0.2) is 24.9 Å². The summed E-state index contributed by atoms with van der Waals surface area (Å²) in [4.78, 5) is 17.0. The first-order valence-corrected chi connectivity index (χ1v) is 7.87. The SMILES string of the molecule is O=c1cc(CSCCn2cccn2)nc2sccn12. The number of thiazole rings is 1. The van der Waals surface area contributed by atoms with Gasteiger partial charge in [0.1, 0.15) is 0 Å². The maximum Gasteiger partial charge on any atom is 0.258 e. The van der Waals surface area contributed by atoms with Crippen LogP contribution in [0.1, 0.15) is 5.69 Å². The van der Waals surface area contributed by atoms with Gasteiger partial charge < -0.3 is 0 Å². The molecule has 0 amide bonds. The van der Waals surface area contributed by atoms with E-state index in [0.717, 1.165) is 28.7 Å². The van der Waals surface area contributed by atoms with Crippen molar-refractivity contribution in [1.82, 2.24) is 19.2 Å². The number of fused-ring (bicyclic) bond motifs is 1. The smallest absolute Gasteiger partial charge is 0.258 e. The first-order valence-electron chi connectivity index (χ1n) is 5.84. The Kier molecular flexibility index (Phi) is 3.65. The first kappa shape index (κ1) is 12.4. The van der Waals surface area contributed by atoms with E-state index in [9.17, 15) is 4.79 Å². The molecular weight excluding hydrogens is 280 g/mol. The van der Waals surface area contributed by atoms with Crippen molar-refractivity contribution in [2.24, 2.45) is 0 Å². The van der Waals surface area contributed by atoms with Crippen LogP contribution in [0.3, 0.4) is 0 Å².